The van der Waals surface area contributed by atoms with Crippen LogP contribution in [0.15, 0.2) is 78.5 Å². The predicted octanol–water partition coefficient (Wildman–Crippen LogP) is 4.88. The fourth-order valence-electron chi connectivity index (χ4n) is 2.73. The quantitative estimate of drug-likeness (QED) is 0.640. The van der Waals surface area contributed by atoms with Crippen molar-refractivity contribution in [3.05, 3.63) is 95.2 Å². The fourth-order valence-corrected chi connectivity index (χ4v) is 2.73. The molecule has 6 heteroatoms. The van der Waals surface area contributed by atoms with Crippen molar-refractivity contribution in [1.29, 1.82) is 0 Å². The minimum absolute atomic E-state index is 0.277. The molecule has 2 N–H and O–H groups in total. The first-order valence-electron chi connectivity index (χ1n) is 8.51. The van der Waals surface area contributed by atoms with E-state index in [2.05, 4.69) is 4.98 Å². The minimum atomic E-state index is -4.40. The van der Waals surface area contributed by atoms with Crippen LogP contribution in [0.25, 0.3) is 17.3 Å². The van der Waals surface area contributed by atoms with Gasteiger partial charge >= 0.3 is 6.18 Å². The Morgan fingerprint density at radius 2 is 1.64 bits per heavy atom. The molecule has 3 nitrogen and oxygen atoms in total. The third-order valence-corrected chi connectivity index (χ3v) is 4.20. The highest BCUT2D eigenvalue weighted by molar-refractivity contribution is 5.97. The van der Waals surface area contributed by atoms with E-state index in [4.69, 9.17) is 5.73 Å². The van der Waals surface area contributed by atoms with Gasteiger partial charge in [-0.1, -0.05) is 42.5 Å². The molecule has 0 fully saturated rings. The minimum Gasteiger partial charge on any atom is -0.366 e. The van der Waals surface area contributed by atoms with E-state index in [0.717, 1.165) is 29.0 Å². The van der Waals surface area contributed by atoms with Gasteiger partial charge in [-0.15, -0.1) is 0 Å². The molecule has 0 radical (unpaired) electrons. The van der Waals surface area contributed by atoms with Crippen molar-refractivity contribution in [2.24, 2.45) is 5.73 Å². The van der Waals surface area contributed by atoms with Crippen LogP contribution in [0.2, 0.25) is 0 Å². The van der Waals surface area contributed by atoms with Crippen molar-refractivity contribution in [2.45, 2.75) is 12.6 Å². The maximum absolute atomic E-state index is 12.7. The maximum Gasteiger partial charge on any atom is 0.416 e. The van der Waals surface area contributed by atoms with Gasteiger partial charge < -0.3 is 5.73 Å². The number of amides is 1. The Morgan fingerprint density at radius 3 is 2.18 bits per heavy atom. The lowest BCUT2D eigenvalue weighted by atomic mass is 10.00. The largest absolute Gasteiger partial charge is 0.416 e. The number of rotatable bonds is 5. The molecule has 1 amide bonds. The molecule has 28 heavy (non-hydrogen) atoms. The van der Waals surface area contributed by atoms with Crippen LogP contribution in [-0.4, -0.2) is 10.9 Å². The molecule has 0 atom stereocenters. The Kier molecular flexibility index (Phi) is 5.59. The number of pyridine rings is 1. The molecule has 0 saturated carbocycles. The van der Waals surface area contributed by atoms with E-state index in [1.807, 2.05) is 42.5 Å². The number of carbonyl (C=O) groups is 1. The number of alkyl halides is 3. The summed E-state index contributed by atoms with van der Waals surface area (Å²) in [5.74, 6) is -0.617. The number of benzene rings is 2. The third-order valence-electron chi connectivity index (χ3n) is 4.20. The van der Waals surface area contributed by atoms with E-state index in [1.54, 1.807) is 6.20 Å². The van der Waals surface area contributed by atoms with E-state index in [-0.39, 0.29) is 6.42 Å². The summed E-state index contributed by atoms with van der Waals surface area (Å²) in [6.07, 6.45) is -0.903. The summed E-state index contributed by atoms with van der Waals surface area (Å²) < 4.78 is 38.0. The van der Waals surface area contributed by atoms with Gasteiger partial charge in [0, 0.05) is 23.8 Å². The van der Waals surface area contributed by atoms with Crippen molar-refractivity contribution in [2.75, 3.05) is 0 Å². The number of nitrogens with two attached hydrogens (primary N) is 1. The van der Waals surface area contributed by atoms with Gasteiger partial charge in [0.05, 0.1) is 11.3 Å². The molecular weight excluding hydrogens is 365 g/mol. The van der Waals surface area contributed by atoms with Gasteiger partial charge in [-0.25, -0.2) is 0 Å². The average Bonchev–Trinajstić information content (AvgIpc) is 2.68. The second-order valence-corrected chi connectivity index (χ2v) is 6.24. The van der Waals surface area contributed by atoms with Gasteiger partial charge in [-0.2, -0.15) is 13.2 Å². The third kappa shape index (κ3) is 4.85. The molecule has 0 aliphatic rings. The van der Waals surface area contributed by atoms with Gasteiger partial charge in [0.15, 0.2) is 0 Å². The van der Waals surface area contributed by atoms with Crippen LogP contribution < -0.4 is 5.73 Å². The summed E-state index contributed by atoms with van der Waals surface area (Å²) >= 11 is 0. The van der Waals surface area contributed by atoms with Gasteiger partial charge in [-0.3, -0.25) is 9.78 Å². The van der Waals surface area contributed by atoms with Crippen molar-refractivity contribution in [3.8, 4) is 11.3 Å². The smallest absolute Gasteiger partial charge is 0.366 e. The Labute approximate surface area is 160 Å². The van der Waals surface area contributed by atoms with Gasteiger partial charge in [-0.05, 0) is 41.5 Å². The summed E-state index contributed by atoms with van der Waals surface area (Å²) in [5, 5.41) is 0. The molecule has 0 aliphatic heterocycles. The molecule has 3 rings (SSSR count). The summed E-state index contributed by atoms with van der Waals surface area (Å²) in [6.45, 7) is 0. The number of aromatic nitrogens is 1. The predicted molar refractivity (Wildman–Crippen MR) is 102 cm³/mol. The Morgan fingerprint density at radius 1 is 0.964 bits per heavy atom. The molecule has 0 bridgehead atoms. The normalized spacial score (nSPS) is 12.0. The second-order valence-electron chi connectivity index (χ2n) is 6.24. The van der Waals surface area contributed by atoms with E-state index in [1.165, 1.54) is 18.2 Å². The first-order valence-corrected chi connectivity index (χ1v) is 8.51. The van der Waals surface area contributed by atoms with Crippen LogP contribution in [0.3, 0.4) is 0 Å². The fraction of sp³-hybridized carbons (Fsp3) is 0.0909. The van der Waals surface area contributed by atoms with Crippen LogP contribution in [0.5, 0.6) is 0 Å². The molecular formula is C22H17F3N2O. The lowest BCUT2D eigenvalue weighted by molar-refractivity contribution is -0.137. The molecule has 0 aliphatic carbocycles. The van der Waals surface area contributed by atoms with E-state index in [9.17, 15) is 18.0 Å². The lowest BCUT2D eigenvalue weighted by Gasteiger charge is -2.08. The second kappa shape index (κ2) is 8.08. The number of hydrogen-bond donors (Lipinski definition) is 1. The van der Waals surface area contributed by atoms with Crippen LogP contribution >= 0.6 is 0 Å². The molecule has 1 aromatic heterocycles. The molecule has 1 heterocycles. The van der Waals surface area contributed by atoms with Crippen LogP contribution in [0, 0.1) is 0 Å². The van der Waals surface area contributed by atoms with Crippen LogP contribution in [0.1, 0.15) is 16.7 Å². The topological polar surface area (TPSA) is 56.0 Å². The standard InChI is InChI=1S/C22H17F3N2O/c23-22(24,25)19-10-6-16(7-11-19)14-18(21(26)28)13-15-4-8-17(9-5-15)20-3-1-2-12-27-20/h1-12,14H,13H2,(H2,26,28). The van der Waals surface area contributed by atoms with Crippen molar-refractivity contribution < 1.29 is 18.0 Å². The average molecular weight is 382 g/mol. The van der Waals surface area contributed by atoms with Gasteiger partial charge in [0.1, 0.15) is 0 Å². The Balaban J connectivity index is 1.79. The molecule has 0 spiro atoms. The number of primary amides is 1. The highest BCUT2D eigenvalue weighted by atomic mass is 19.4. The molecule has 142 valence electrons. The van der Waals surface area contributed by atoms with Crippen molar-refractivity contribution >= 4 is 12.0 Å². The number of nitrogens with zero attached hydrogens (tertiary/aromatic N) is 1. The van der Waals surface area contributed by atoms with Gasteiger partial charge in [0.25, 0.3) is 0 Å². The zero-order valence-corrected chi connectivity index (χ0v) is 14.8. The lowest BCUT2D eigenvalue weighted by Crippen LogP contribution is -2.15. The number of halogens is 3. The maximum atomic E-state index is 12.7. The monoisotopic (exact) mass is 382 g/mol. The summed E-state index contributed by atoms with van der Waals surface area (Å²) in [4.78, 5) is 16.1. The zero-order chi connectivity index (χ0) is 20.1. The Hall–Kier alpha value is -3.41. The van der Waals surface area contributed by atoms with E-state index < -0.39 is 17.6 Å². The molecule has 3 aromatic rings. The highest BCUT2D eigenvalue weighted by Crippen LogP contribution is 2.29. The first-order chi connectivity index (χ1) is 13.3. The summed E-state index contributed by atoms with van der Waals surface area (Å²) in [5.41, 5.74) is 8.14. The van der Waals surface area contributed by atoms with Crippen LogP contribution in [0.4, 0.5) is 13.2 Å². The van der Waals surface area contributed by atoms with Crippen molar-refractivity contribution in [1.82, 2.24) is 4.98 Å². The van der Waals surface area contributed by atoms with E-state index in [0.29, 0.717) is 11.1 Å². The molecule has 0 saturated heterocycles. The SMILES string of the molecule is NC(=O)C(=Cc1ccc(C(F)(F)F)cc1)Cc1ccc(-c2ccccn2)cc1. The zero-order valence-electron chi connectivity index (χ0n) is 14.8. The number of carbonyl (C=O) groups excluding carboxylic acids is 1. The van der Waals surface area contributed by atoms with Gasteiger partial charge in [0.2, 0.25) is 5.91 Å². The molecule has 0 unspecified atom stereocenters. The van der Waals surface area contributed by atoms with Crippen molar-refractivity contribution in [3.63, 3.8) is 0 Å². The first kappa shape index (κ1) is 19.4. The van der Waals surface area contributed by atoms with Crippen LogP contribution in [-0.2, 0) is 17.4 Å². The molecule has 2 aromatic carbocycles. The highest BCUT2D eigenvalue weighted by Gasteiger charge is 2.29. The summed E-state index contributed by atoms with van der Waals surface area (Å²) in [6, 6.07) is 17.7. The van der Waals surface area contributed by atoms with E-state index >= 15 is 0 Å². The Bertz CT molecular complexity index is 977. The number of hydrogen-bond acceptors (Lipinski definition) is 2. The summed E-state index contributed by atoms with van der Waals surface area (Å²) in [7, 11) is 0.